The van der Waals surface area contributed by atoms with Crippen molar-refractivity contribution in [3.8, 4) is 11.5 Å². The Morgan fingerprint density at radius 1 is 1.44 bits per heavy atom. The standard InChI is InChI=1S/C11H14BrNO2.ClH/c1-14-8-2-3-11(10(12)6-8)15-9-4-5-13-7-9;/h2-3,6,9,13H,4-5,7H2,1H3;1H. The Bertz CT molecular complexity index is 343. The van der Waals surface area contributed by atoms with Crippen molar-refractivity contribution in [2.75, 3.05) is 20.2 Å². The molecule has 0 radical (unpaired) electrons. The zero-order chi connectivity index (χ0) is 10.7. The van der Waals surface area contributed by atoms with Crippen LogP contribution in [0.4, 0.5) is 0 Å². The van der Waals surface area contributed by atoms with Crippen LogP contribution in [0.2, 0.25) is 0 Å². The fourth-order valence-electron chi connectivity index (χ4n) is 1.61. The van der Waals surface area contributed by atoms with Crippen LogP contribution >= 0.6 is 28.3 Å². The molecule has 1 aromatic carbocycles. The summed E-state index contributed by atoms with van der Waals surface area (Å²) in [5.41, 5.74) is 0. The lowest BCUT2D eigenvalue weighted by molar-refractivity contribution is 0.221. The molecule has 1 fully saturated rings. The third-order valence-electron chi connectivity index (χ3n) is 2.45. The van der Waals surface area contributed by atoms with Crippen molar-refractivity contribution in [2.45, 2.75) is 12.5 Å². The predicted molar refractivity (Wildman–Crippen MR) is 69.8 cm³/mol. The molecule has 0 bridgehead atoms. The van der Waals surface area contributed by atoms with Crippen LogP contribution < -0.4 is 14.8 Å². The van der Waals surface area contributed by atoms with E-state index in [1.807, 2.05) is 18.2 Å². The van der Waals surface area contributed by atoms with E-state index in [0.717, 1.165) is 35.5 Å². The highest BCUT2D eigenvalue weighted by Gasteiger charge is 2.17. The largest absolute Gasteiger partial charge is 0.497 e. The predicted octanol–water partition coefficient (Wildman–Crippen LogP) is 2.62. The highest BCUT2D eigenvalue weighted by Crippen LogP contribution is 2.30. The number of methoxy groups -OCH3 is 1. The minimum atomic E-state index is 0. The Morgan fingerprint density at radius 3 is 2.81 bits per heavy atom. The van der Waals surface area contributed by atoms with E-state index in [0.29, 0.717) is 0 Å². The topological polar surface area (TPSA) is 30.5 Å². The number of benzene rings is 1. The second kappa shape index (κ2) is 6.33. The smallest absolute Gasteiger partial charge is 0.134 e. The second-order valence-corrected chi connectivity index (χ2v) is 4.38. The van der Waals surface area contributed by atoms with Gasteiger partial charge in [0.05, 0.1) is 11.6 Å². The summed E-state index contributed by atoms with van der Waals surface area (Å²) in [4.78, 5) is 0. The molecule has 1 saturated heterocycles. The van der Waals surface area contributed by atoms with Crippen LogP contribution in [0.15, 0.2) is 22.7 Å². The summed E-state index contributed by atoms with van der Waals surface area (Å²) < 4.78 is 11.9. The van der Waals surface area contributed by atoms with Crippen molar-refractivity contribution in [1.82, 2.24) is 5.32 Å². The fraction of sp³-hybridized carbons (Fsp3) is 0.455. The number of hydrogen-bond donors (Lipinski definition) is 1. The van der Waals surface area contributed by atoms with Gasteiger partial charge in [-0.15, -0.1) is 12.4 Å². The molecule has 5 heteroatoms. The second-order valence-electron chi connectivity index (χ2n) is 3.53. The van der Waals surface area contributed by atoms with Crippen LogP contribution in [0.3, 0.4) is 0 Å². The van der Waals surface area contributed by atoms with Gasteiger partial charge in [0, 0.05) is 6.54 Å². The first-order valence-electron chi connectivity index (χ1n) is 5.00. The molecule has 2 rings (SSSR count). The molecule has 1 aliphatic heterocycles. The van der Waals surface area contributed by atoms with Gasteiger partial charge in [-0.05, 0) is 47.1 Å². The number of hydrogen-bond acceptors (Lipinski definition) is 3. The van der Waals surface area contributed by atoms with Gasteiger partial charge >= 0.3 is 0 Å². The summed E-state index contributed by atoms with van der Waals surface area (Å²) in [6.45, 7) is 1.97. The number of halogens is 2. The SMILES string of the molecule is COc1ccc(OC2CCNC2)c(Br)c1.Cl. The number of ether oxygens (including phenoxy) is 2. The summed E-state index contributed by atoms with van der Waals surface area (Å²) in [5.74, 6) is 1.71. The molecule has 1 unspecified atom stereocenters. The summed E-state index contributed by atoms with van der Waals surface area (Å²) in [7, 11) is 1.66. The summed E-state index contributed by atoms with van der Waals surface area (Å²) in [6, 6.07) is 5.75. The highest BCUT2D eigenvalue weighted by molar-refractivity contribution is 9.10. The minimum absolute atomic E-state index is 0. The third-order valence-corrected chi connectivity index (χ3v) is 3.07. The van der Waals surface area contributed by atoms with Gasteiger partial charge in [-0.3, -0.25) is 0 Å². The Morgan fingerprint density at radius 2 is 2.25 bits per heavy atom. The maximum atomic E-state index is 5.84. The lowest BCUT2D eigenvalue weighted by Crippen LogP contribution is -2.19. The van der Waals surface area contributed by atoms with Gasteiger partial charge < -0.3 is 14.8 Å². The van der Waals surface area contributed by atoms with Crippen molar-refractivity contribution in [3.63, 3.8) is 0 Å². The lowest BCUT2D eigenvalue weighted by Gasteiger charge is -2.14. The number of rotatable bonds is 3. The van der Waals surface area contributed by atoms with Gasteiger partial charge in [0.15, 0.2) is 0 Å². The van der Waals surface area contributed by atoms with Crippen LogP contribution in [-0.2, 0) is 0 Å². The van der Waals surface area contributed by atoms with Gasteiger partial charge in [0.25, 0.3) is 0 Å². The molecule has 16 heavy (non-hydrogen) atoms. The van der Waals surface area contributed by atoms with Crippen LogP contribution in [0.5, 0.6) is 11.5 Å². The molecule has 1 heterocycles. The molecule has 0 aromatic heterocycles. The van der Waals surface area contributed by atoms with Gasteiger partial charge in [0.1, 0.15) is 17.6 Å². The molecular weight excluding hydrogens is 293 g/mol. The molecule has 1 N–H and O–H groups in total. The monoisotopic (exact) mass is 307 g/mol. The summed E-state index contributed by atoms with van der Waals surface area (Å²) >= 11 is 3.47. The van der Waals surface area contributed by atoms with Crippen molar-refractivity contribution in [2.24, 2.45) is 0 Å². The minimum Gasteiger partial charge on any atom is -0.497 e. The van der Waals surface area contributed by atoms with Crippen LogP contribution in [0.1, 0.15) is 6.42 Å². The van der Waals surface area contributed by atoms with Gasteiger partial charge in [0.2, 0.25) is 0 Å². The highest BCUT2D eigenvalue weighted by atomic mass is 79.9. The quantitative estimate of drug-likeness (QED) is 0.931. The average molecular weight is 309 g/mol. The van der Waals surface area contributed by atoms with Gasteiger partial charge in [-0.25, -0.2) is 0 Å². The maximum Gasteiger partial charge on any atom is 0.134 e. The van der Waals surface area contributed by atoms with E-state index < -0.39 is 0 Å². The van der Waals surface area contributed by atoms with Crippen molar-refractivity contribution >= 4 is 28.3 Å². The van der Waals surface area contributed by atoms with Crippen molar-refractivity contribution < 1.29 is 9.47 Å². The molecular formula is C11H15BrClNO2. The van der Waals surface area contributed by atoms with E-state index in [-0.39, 0.29) is 18.5 Å². The summed E-state index contributed by atoms with van der Waals surface area (Å²) in [6.07, 6.45) is 1.35. The molecule has 0 saturated carbocycles. The lowest BCUT2D eigenvalue weighted by atomic mass is 10.3. The third kappa shape index (κ3) is 3.27. The molecule has 0 aliphatic carbocycles. The fourth-order valence-corrected chi connectivity index (χ4v) is 2.06. The zero-order valence-electron chi connectivity index (χ0n) is 9.03. The molecule has 1 aliphatic rings. The molecule has 90 valence electrons. The van der Waals surface area contributed by atoms with Gasteiger partial charge in [-0.1, -0.05) is 0 Å². The number of nitrogens with one attached hydrogen (secondary N) is 1. The summed E-state index contributed by atoms with van der Waals surface area (Å²) in [5, 5.41) is 3.27. The van der Waals surface area contributed by atoms with Gasteiger partial charge in [-0.2, -0.15) is 0 Å². The van der Waals surface area contributed by atoms with E-state index in [2.05, 4.69) is 21.2 Å². The van der Waals surface area contributed by atoms with Crippen molar-refractivity contribution in [1.29, 1.82) is 0 Å². The van der Waals surface area contributed by atoms with E-state index in [1.54, 1.807) is 7.11 Å². The zero-order valence-corrected chi connectivity index (χ0v) is 11.4. The molecule has 3 nitrogen and oxygen atoms in total. The Balaban J connectivity index is 0.00000128. The Kier molecular flexibility index (Phi) is 5.38. The average Bonchev–Trinajstić information content (AvgIpc) is 2.74. The van der Waals surface area contributed by atoms with Crippen LogP contribution in [0, 0.1) is 0 Å². The molecule has 1 atom stereocenters. The van der Waals surface area contributed by atoms with E-state index in [9.17, 15) is 0 Å². The van der Waals surface area contributed by atoms with Crippen LogP contribution in [-0.4, -0.2) is 26.3 Å². The van der Waals surface area contributed by atoms with Crippen molar-refractivity contribution in [3.05, 3.63) is 22.7 Å². The van der Waals surface area contributed by atoms with E-state index in [4.69, 9.17) is 9.47 Å². The first kappa shape index (κ1) is 13.6. The Labute approximate surface area is 110 Å². The Hall–Kier alpha value is -0.450. The first-order valence-corrected chi connectivity index (χ1v) is 5.80. The van der Waals surface area contributed by atoms with E-state index >= 15 is 0 Å². The molecule has 0 amide bonds. The molecule has 1 aromatic rings. The maximum absolute atomic E-state index is 5.84. The normalized spacial score (nSPS) is 19.0. The van der Waals surface area contributed by atoms with Crippen LogP contribution in [0.25, 0.3) is 0 Å². The van der Waals surface area contributed by atoms with E-state index in [1.165, 1.54) is 0 Å². The first-order chi connectivity index (χ1) is 7.29. The molecule has 0 spiro atoms.